The normalized spacial score (nSPS) is 10.7. The van der Waals surface area contributed by atoms with Crippen LogP contribution in [0.5, 0.6) is 0 Å². The van der Waals surface area contributed by atoms with Crippen molar-refractivity contribution in [2.75, 3.05) is 16.0 Å². The fourth-order valence-electron chi connectivity index (χ4n) is 5.93. The molecule has 0 radical (unpaired) electrons. The summed E-state index contributed by atoms with van der Waals surface area (Å²) in [6.45, 7) is 7.82. The smallest absolute Gasteiger partial charge is 0.337 e. The minimum atomic E-state index is -1.02. The van der Waals surface area contributed by atoms with Crippen LogP contribution in [0.2, 0.25) is 0 Å². The molecule has 2 heterocycles. The van der Waals surface area contributed by atoms with Gasteiger partial charge < -0.3 is 21.1 Å². The van der Waals surface area contributed by atoms with Gasteiger partial charge in [0.15, 0.2) is 0 Å². The standard InChI is InChI=1S/C19H14FNO2S.C19H16FNS.C15H14FN/c20-15-4-6-16(7-5-15)21-18-11-13(3-8-17(18)19(22)23)1-2-14-9-10-24-12-14;1-14-2-3-15(4-5-16-10-11-22-13-16)12-19(14)21-18-8-6-17(20)7-9-18;1-3-12-5-4-11(2)15(10-12)17-14-8-6-13(16)7-9-14/h1-12,21H,(H,22,23);2-13,21H,1H3;3-10,17H,1H2,2H3/b2-1+;5-4+;. The summed E-state index contributed by atoms with van der Waals surface area (Å²) in [7, 11) is 0. The quantitative estimate of drug-likeness (QED) is 0.0984. The van der Waals surface area contributed by atoms with Crippen LogP contribution in [0.3, 0.4) is 0 Å². The Kier molecular flexibility index (Phi) is 16.1. The van der Waals surface area contributed by atoms with E-state index >= 15 is 0 Å². The molecular weight excluding hydrogens is 832 g/mol. The number of carboxylic acids is 1. The maximum absolute atomic E-state index is 13.0. The highest BCUT2D eigenvalue weighted by Gasteiger charge is 2.11. The number of carbonyl (C=O) groups is 1. The number of thiophene rings is 2. The molecule has 0 bridgehead atoms. The van der Waals surface area contributed by atoms with Gasteiger partial charge in [-0.15, -0.1) is 0 Å². The molecule has 6 aromatic carbocycles. The molecule has 5 nitrogen and oxygen atoms in total. The molecule has 0 amide bonds. The summed E-state index contributed by atoms with van der Waals surface area (Å²) >= 11 is 3.30. The van der Waals surface area contributed by atoms with E-state index in [1.54, 1.807) is 83.3 Å². The molecule has 63 heavy (non-hydrogen) atoms. The first-order valence-electron chi connectivity index (χ1n) is 19.7. The molecule has 8 rings (SSSR count). The molecule has 2 aromatic heterocycles. The molecule has 0 aliphatic rings. The van der Waals surface area contributed by atoms with E-state index in [-0.39, 0.29) is 23.0 Å². The number of halogens is 3. The Labute approximate surface area is 373 Å². The maximum Gasteiger partial charge on any atom is 0.337 e. The lowest BCUT2D eigenvalue weighted by molar-refractivity contribution is 0.0698. The number of carboxylic acid groups (broad SMARTS) is 1. The van der Waals surface area contributed by atoms with Crippen molar-refractivity contribution in [2.45, 2.75) is 13.8 Å². The van der Waals surface area contributed by atoms with Gasteiger partial charge in [0.25, 0.3) is 0 Å². The fourth-order valence-corrected chi connectivity index (χ4v) is 7.18. The second-order valence-corrected chi connectivity index (χ2v) is 15.7. The van der Waals surface area contributed by atoms with Gasteiger partial charge in [0.1, 0.15) is 17.5 Å². The predicted octanol–water partition coefficient (Wildman–Crippen LogP) is 16.1. The molecule has 0 saturated heterocycles. The van der Waals surface area contributed by atoms with Gasteiger partial charge in [0, 0.05) is 28.4 Å². The highest BCUT2D eigenvalue weighted by molar-refractivity contribution is 7.08. The van der Waals surface area contributed by atoms with Crippen LogP contribution >= 0.6 is 22.7 Å². The van der Waals surface area contributed by atoms with Gasteiger partial charge in [-0.1, -0.05) is 67.3 Å². The Morgan fingerprint density at radius 2 is 0.857 bits per heavy atom. The number of benzene rings is 6. The molecule has 316 valence electrons. The molecule has 0 fully saturated rings. The average Bonchev–Trinajstić information content (AvgIpc) is 4.02. The SMILES string of the molecule is C=Cc1ccc(C)c(Nc2ccc(F)cc2)c1.Cc1ccc(/C=C/c2ccsc2)cc1Nc1ccc(F)cc1.O=C(O)c1ccc(/C=C/c2ccsc2)cc1Nc1ccc(F)cc1. The molecule has 0 unspecified atom stereocenters. The van der Waals surface area contributed by atoms with Gasteiger partial charge in [-0.3, -0.25) is 0 Å². The zero-order valence-electron chi connectivity index (χ0n) is 34.5. The topological polar surface area (TPSA) is 73.4 Å². The minimum absolute atomic E-state index is 0.159. The zero-order valence-corrected chi connectivity index (χ0v) is 36.1. The fraction of sp³-hybridized carbons (Fsp3) is 0.0377. The van der Waals surface area contributed by atoms with E-state index in [9.17, 15) is 23.1 Å². The van der Waals surface area contributed by atoms with E-state index < -0.39 is 5.97 Å². The molecular formula is C53H44F3N3O2S2. The summed E-state index contributed by atoms with van der Waals surface area (Å²) in [6, 6.07) is 40.0. The van der Waals surface area contributed by atoms with E-state index in [1.165, 1.54) is 42.0 Å². The van der Waals surface area contributed by atoms with Gasteiger partial charge in [-0.05, 0) is 184 Å². The van der Waals surface area contributed by atoms with Crippen LogP contribution in [0.1, 0.15) is 49.3 Å². The third-order valence-corrected chi connectivity index (χ3v) is 10.8. The summed E-state index contributed by atoms with van der Waals surface area (Å²) in [4.78, 5) is 11.4. The lowest BCUT2D eigenvalue weighted by Gasteiger charge is -2.10. The Hall–Kier alpha value is -7.40. The third-order valence-electron chi connectivity index (χ3n) is 9.43. The van der Waals surface area contributed by atoms with Crippen molar-refractivity contribution >= 4 is 93.1 Å². The molecule has 4 N–H and O–H groups in total. The van der Waals surface area contributed by atoms with Crippen LogP contribution < -0.4 is 16.0 Å². The van der Waals surface area contributed by atoms with Crippen LogP contribution in [0.4, 0.5) is 47.3 Å². The number of hydrogen-bond acceptors (Lipinski definition) is 6. The van der Waals surface area contributed by atoms with Crippen molar-refractivity contribution in [3.05, 3.63) is 230 Å². The zero-order chi connectivity index (χ0) is 44.6. The monoisotopic (exact) mass is 875 g/mol. The van der Waals surface area contributed by atoms with Crippen molar-refractivity contribution in [1.82, 2.24) is 0 Å². The summed E-state index contributed by atoms with van der Waals surface area (Å²) in [5, 5.41) is 27.2. The first-order valence-corrected chi connectivity index (χ1v) is 21.6. The van der Waals surface area contributed by atoms with E-state index in [2.05, 4.69) is 76.6 Å². The number of aromatic carboxylic acids is 1. The average molecular weight is 876 g/mol. The predicted molar refractivity (Wildman–Crippen MR) is 261 cm³/mol. The van der Waals surface area contributed by atoms with Crippen LogP contribution in [-0.2, 0) is 0 Å². The van der Waals surface area contributed by atoms with Crippen molar-refractivity contribution in [1.29, 1.82) is 0 Å². The van der Waals surface area contributed by atoms with Crippen LogP contribution in [0.15, 0.2) is 168 Å². The van der Waals surface area contributed by atoms with Crippen LogP contribution in [-0.4, -0.2) is 11.1 Å². The van der Waals surface area contributed by atoms with E-state index in [4.69, 9.17) is 0 Å². The molecule has 0 aliphatic heterocycles. The number of rotatable bonds is 12. The highest BCUT2D eigenvalue weighted by atomic mass is 32.1. The van der Waals surface area contributed by atoms with Crippen LogP contribution in [0.25, 0.3) is 30.4 Å². The summed E-state index contributed by atoms with van der Waals surface area (Å²) in [5.41, 5.74) is 12.7. The number of aryl methyl sites for hydroxylation is 2. The summed E-state index contributed by atoms with van der Waals surface area (Å²) < 4.78 is 38.8. The Balaban J connectivity index is 0.000000160. The van der Waals surface area contributed by atoms with Gasteiger partial charge in [-0.2, -0.15) is 22.7 Å². The van der Waals surface area contributed by atoms with Gasteiger partial charge >= 0.3 is 5.97 Å². The second kappa shape index (κ2) is 22.4. The van der Waals surface area contributed by atoms with Gasteiger partial charge in [0.05, 0.1) is 11.3 Å². The number of anilines is 6. The van der Waals surface area contributed by atoms with Gasteiger partial charge in [0.2, 0.25) is 0 Å². The molecule has 10 heteroatoms. The lowest BCUT2D eigenvalue weighted by Crippen LogP contribution is -2.03. The summed E-state index contributed by atoms with van der Waals surface area (Å²) in [6.07, 6.45) is 9.88. The van der Waals surface area contributed by atoms with Crippen molar-refractivity contribution in [2.24, 2.45) is 0 Å². The Bertz CT molecular complexity index is 2780. The first kappa shape index (κ1) is 45.1. The first-order chi connectivity index (χ1) is 30.5. The van der Waals surface area contributed by atoms with Crippen molar-refractivity contribution in [3.63, 3.8) is 0 Å². The van der Waals surface area contributed by atoms with Crippen molar-refractivity contribution < 1.29 is 23.1 Å². The van der Waals surface area contributed by atoms with E-state index in [0.29, 0.717) is 11.4 Å². The molecule has 0 saturated carbocycles. The highest BCUT2D eigenvalue weighted by Crippen LogP contribution is 2.26. The maximum atomic E-state index is 13.0. The molecule has 0 spiro atoms. The van der Waals surface area contributed by atoms with Crippen molar-refractivity contribution in [3.8, 4) is 0 Å². The third kappa shape index (κ3) is 14.1. The molecule has 8 aromatic rings. The second-order valence-electron chi connectivity index (χ2n) is 14.1. The van der Waals surface area contributed by atoms with E-state index in [1.807, 2.05) is 54.1 Å². The minimum Gasteiger partial charge on any atom is -0.478 e. The van der Waals surface area contributed by atoms with Gasteiger partial charge in [-0.25, -0.2) is 18.0 Å². The molecule has 0 atom stereocenters. The summed E-state index contributed by atoms with van der Waals surface area (Å²) in [5.74, 6) is -1.82. The Morgan fingerprint density at radius 1 is 0.492 bits per heavy atom. The Morgan fingerprint density at radius 3 is 1.25 bits per heavy atom. The lowest BCUT2D eigenvalue weighted by atomic mass is 10.1. The number of nitrogens with one attached hydrogen (secondary N) is 3. The largest absolute Gasteiger partial charge is 0.478 e. The number of hydrogen-bond donors (Lipinski definition) is 4. The van der Waals surface area contributed by atoms with E-state index in [0.717, 1.165) is 56.1 Å². The van der Waals surface area contributed by atoms with Crippen LogP contribution in [0, 0.1) is 31.3 Å². The molecule has 0 aliphatic carbocycles.